The van der Waals surface area contributed by atoms with Gasteiger partial charge in [-0.05, 0) is 87.8 Å². The van der Waals surface area contributed by atoms with Gasteiger partial charge in [0.25, 0.3) is 0 Å². The van der Waals surface area contributed by atoms with Gasteiger partial charge in [0.15, 0.2) is 0 Å². The predicted molar refractivity (Wildman–Crippen MR) is 182 cm³/mol. The number of unbranched alkanes of at least 4 members (excludes halogenated alkanes) is 3. The van der Waals surface area contributed by atoms with Crippen molar-refractivity contribution in [1.82, 2.24) is 0 Å². The number of nitrogens with one attached hydrogen (secondary N) is 4. The van der Waals surface area contributed by atoms with Gasteiger partial charge in [0, 0.05) is 22.7 Å². The minimum absolute atomic E-state index is 0.101. The number of amides is 4. The van der Waals surface area contributed by atoms with Gasteiger partial charge in [-0.2, -0.15) is 0 Å². The Balaban J connectivity index is 1.65. The van der Waals surface area contributed by atoms with Crippen molar-refractivity contribution in [2.24, 2.45) is 0 Å². The second-order valence-corrected chi connectivity index (χ2v) is 10.2. The molecule has 48 heavy (non-hydrogen) atoms. The third-order valence-corrected chi connectivity index (χ3v) is 6.63. The molecule has 0 heterocycles. The van der Waals surface area contributed by atoms with Crippen molar-refractivity contribution in [2.45, 2.75) is 52.4 Å². The van der Waals surface area contributed by atoms with Crippen molar-refractivity contribution in [3.63, 3.8) is 0 Å². The summed E-state index contributed by atoms with van der Waals surface area (Å²) in [6, 6.07) is 10.1. The first kappa shape index (κ1) is 38.8. The van der Waals surface area contributed by atoms with E-state index in [1.165, 1.54) is 12.5 Å². The van der Waals surface area contributed by atoms with Gasteiger partial charge in [0.2, 0.25) is 0 Å². The van der Waals surface area contributed by atoms with Gasteiger partial charge in [-0.15, -0.1) is 0 Å². The van der Waals surface area contributed by atoms with Crippen molar-refractivity contribution in [3.05, 3.63) is 73.2 Å². The van der Waals surface area contributed by atoms with Crippen LogP contribution in [0.1, 0.15) is 49.7 Å². The second-order valence-electron chi connectivity index (χ2n) is 10.2. The Morgan fingerprint density at radius 3 is 1.00 bits per heavy atom. The number of anilines is 4. The van der Waals surface area contributed by atoms with Crippen LogP contribution in [-0.4, -0.2) is 64.0 Å². The van der Waals surface area contributed by atoms with Crippen LogP contribution in [0.5, 0.6) is 0 Å². The van der Waals surface area contributed by atoms with Crippen LogP contribution in [0.25, 0.3) is 0 Å². The van der Waals surface area contributed by atoms with Crippen molar-refractivity contribution < 1.29 is 47.6 Å². The smallest absolute Gasteiger partial charge is 0.411 e. The number of hydrogen-bond donors (Lipinski definition) is 4. The summed E-state index contributed by atoms with van der Waals surface area (Å²) >= 11 is 0. The largest absolute Gasteiger partial charge is 0.502 e. The molecule has 2 aromatic rings. The fraction of sp³-hybridized carbons (Fsp3) is 0.412. The number of hydrogen-bond acceptors (Lipinski definition) is 10. The molecule has 0 saturated carbocycles. The predicted octanol–water partition coefficient (Wildman–Crippen LogP) is 7.86. The summed E-state index contributed by atoms with van der Waals surface area (Å²) < 4.78 is 30.9. The summed E-state index contributed by atoms with van der Waals surface area (Å²) in [4.78, 5) is 48.9. The fourth-order valence-corrected chi connectivity index (χ4v) is 4.00. The van der Waals surface area contributed by atoms with Gasteiger partial charge >= 0.3 is 24.4 Å². The summed E-state index contributed by atoms with van der Waals surface area (Å²) in [5, 5.41) is 10.7. The maximum Gasteiger partial charge on any atom is 0.411 e. The second kappa shape index (κ2) is 23.0. The Labute approximate surface area is 281 Å². The maximum absolute atomic E-state index is 12.3. The van der Waals surface area contributed by atoms with E-state index in [0.717, 1.165) is 12.8 Å². The molecule has 0 radical (unpaired) electrons. The lowest BCUT2D eigenvalue weighted by atomic mass is 10.1. The zero-order valence-electron chi connectivity index (χ0n) is 27.6. The molecule has 0 saturated heterocycles. The lowest BCUT2D eigenvalue weighted by Crippen LogP contribution is -2.18. The zero-order chi connectivity index (χ0) is 35.0. The first-order valence-corrected chi connectivity index (χ1v) is 15.6. The van der Waals surface area contributed by atoms with Gasteiger partial charge in [-0.3, -0.25) is 21.3 Å². The minimum Gasteiger partial charge on any atom is -0.502 e. The van der Waals surface area contributed by atoms with Crippen molar-refractivity contribution in [3.8, 4) is 0 Å². The molecule has 14 nitrogen and oxygen atoms in total. The molecule has 4 amide bonds. The van der Waals surface area contributed by atoms with Crippen molar-refractivity contribution >= 4 is 47.1 Å². The molecule has 0 aromatic heterocycles. The molecule has 2 aromatic carbocycles. The Kier molecular flexibility index (Phi) is 18.6. The standard InChI is InChI=1S/C34H46N4O10/c1-5-43-19-7-9-21-45-31(39)35-27-15-13-17-29(25(27)3)37-33(41)47-23-11-12-24-48-34(42)38-30-18-14-16-28(26(30)4)36-32(40)46-22-10-8-20-44-6-2/h5-6,13-18H,1-2,7-12,19-24H2,3-4H3,(H,35,39)(H,36,40)(H,37,41)(H,38,42). The maximum atomic E-state index is 12.3. The monoisotopic (exact) mass is 670 g/mol. The van der Waals surface area contributed by atoms with E-state index in [1.807, 2.05) is 0 Å². The quantitative estimate of drug-likeness (QED) is 0.0582. The van der Waals surface area contributed by atoms with E-state index in [-0.39, 0.29) is 26.4 Å². The van der Waals surface area contributed by atoms with Crippen LogP contribution < -0.4 is 21.3 Å². The molecule has 262 valence electrons. The number of benzene rings is 2. The van der Waals surface area contributed by atoms with E-state index >= 15 is 0 Å². The zero-order valence-corrected chi connectivity index (χ0v) is 27.6. The Morgan fingerprint density at radius 1 is 0.500 bits per heavy atom. The molecule has 0 bridgehead atoms. The first-order chi connectivity index (χ1) is 23.2. The molecule has 2 rings (SSSR count). The SMILES string of the molecule is C=COCCCCOC(=O)Nc1cccc(NC(=O)OCCCCOC(=O)Nc2cccc(NC(=O)OCCCCOC=C)c2C)c1C. The van der Waals surface area contributed by atoms with Crippen LogP contribution in [0.2, 0.25) is 0 Å². The molecule has 0 aliphatic heterocycles. The van der Waals surface area contributed by atoms with Gasteiger partial charge in [0.05, 0.1) is 52.2 Å². The van der Waals surface area contributed by atoms with Gasteiger partial charge in [-0.25, -0.2) is 19.2 Å². The van der Waals surface area contributed by atoms with E-state index in [1.54, 1.807) is 50.2 Å². The van der Waals surface area contributed by atoms with E-state index in [4.69, 9.17) is 28.4 Å². The lowest BCUT2D eigenvalue weighted by molar-refractivity contribution is 0.143. The van der Waals surface area contributed by atoms with Crippen molar-refractivity contribution in [1.29, 1.82) is 0 Å². The molecule has 0 unspecified atom stereocenters. The van der Waals surface area contributed by atoms with E-state index in [2.05, 4.69) is 34.4 Å². The summed E-state index contributed by atoms with van der Waals surface area (Å²) in [5.41, 5.74) is 3.17. The highest BCUT2D eigenvalue weighted by Crippen LogP contribution is 2.25. The van der Waals surface area contributed by atoms with Crippen LogP contribution in [-0.2, 0) is 28.4 Å². The topological polar surface area (TPSA) is 172 Å². The summed E-state index contributed by atoms with van der Waals surface area (Å²) in [6.45, 7) is 12.1. The third-order valence-electron chi connectivity index (χ3n) is 6.63. The number of rotatable bonds is 21. The normalized spacial score (nSPS) is 10.1. The Morgan fingerprint density at radius 2 is 0.750 bits per heavy atom. The van der Waals surface area contributed by atoms with Gasteiger partial charge in [0.1, 0.15) is 0 Å². The minimum atomic E-state index is -0.663. The summed E-state index contributed by atoms with van der Waals surface area (Å²) in [7, 11) is 0. The molecule has 0 atom stereocenters. The molecule has 0 spiro atoms. The Bertz CT molecular complexity index is 1250. The molecule has 14 heteroatoms. The molecule has 0 fully saturated rings. The van der Waals surface area contributed by atoms with Crippen LogP contribution in [0, 0.1) is 13.8 Å². The van der Waals surface area contributed by atoms with Crippen LogP contribution in [0.15, 0.2) is 62.1 Å². The molecular weight excluding hydrogens is 624 g/mol. The van der Waals surface area contributed by atoms with Crippen LogP contribution in [0.4, 0.5) is 41.9 Å². The highest BCUT2D eigenvalue weighted by atomic mass is 16.6. The lowest BCUT2D eigenvalue weighted by Gasteiger charge is -2.14. The van der Waals surface area contributed by atoms with Crippen molar-refractivity contribution in [2.75, 3.05) is 60.9 Å². The molecular formula is C34H46N4O10. The summed E-state index contributed by atoms with van der Waals surface area (Å²) in [6.07, 6.45) is 3.86. The average molecular weight is 671 g/mol. The van der Waals surface area contributed by atoms with E-state index in [0.29, 0.717) is 72.8 Å². The fourth-order valence-electron chi connectivity index (χ4n) is 4.00. The van der Waals surface area contributed by atoms with E-state index < -0.39 is 24.4 Å². The number of carbonyl (C=O) groups is 4. The van der Waals surface area contributed by atoms with Gasteiger partial charge in [-0.1, -0.05) is 25.3 Å². The van der Waals surface area contributed by atoms with E-state index in [9.17, 15) is 19.2 Å². The van der Waals surface area contributed by atoms with Crippen LogP contribution in [0.3, 0.4) is 0 Å². The number of ether oxygens (including phenoxy) is 6. The average Bonchev–Trinajstić information content (AvgIpc) is 3.06. The highest BCUT2D eigenvalue weighted by Gasteiger charge is 2.13. The number of carbonyl (C=O) groups excluding carboxylic acids is 4. The first-order valence-electron chi connectivity index (χ1n) is 15.6. The highest BCUT2D eigenvalue weighted by molar-refractivity contribution is 5.92. The van der Waals surface area contributed by atoms with Gasteiger partial charge < -0.3 is 28.4 Å². The third kappa shape index (κ3) is 15.7. The Hall–Kier alpha value is -5.40. The molecule has 0 aliphatic carbocycles. The molecule has 0 aliphatic rings. The summed E-state index contributed by atoms with van der Waals surface area (Å²) in [5.74, 6) is 0. The molecule has 4 N–H and O–H groups in total. The van der Waals surface area contributed by atoms with Crippen LogP contribution >= 0.6 is 0 Å².